The number of nitrogens with one attached hydrogen (secondary N) is 1. The Labute approximate surface area is 182 Å². The van der Waals surface area contributed by atoms with Crippen LogP contribution in [-0.4, -0.2) is 50.3 Å². The van der Waals surface area contributed by atoms with Crippen molar-refractivity contribution >= 4 is 32.6 Å². The van der Waals surface area contributed by atoms with Crippen molar-refractivity contribution in [2.45, 2.75) is 27.7 Å². The van der Waals surface area contributed by atoms with Gasteiger partial charge in [-0.05, 0) is 68.1 Å². The second kappa shape index (κ2) is 8.84. The van der Waals surface area contributed by atoms with E-state index in [4.69, 9.17) is 9.72 Å². The number of carbonyl (C=O) groups is 1. The van der Waals surface area contributed by atoms with Crippen LogP contribution in [0.1, 0.15) is 32.6 Å². The molecule has 0 unspecified atom stereocenters. The van der Waals surface area contributed by atoms with Crippen LogP contribution in [-0.2, 0) is 4.74 Å². The first-order chi connectivity index (χ1) is 14.4. The molecule has 1 aliphatic rings. The van der Waals surface area contributed by atoms with Crippen LogP contribution in [0, 0.1) is 27.7 Å². The lowest BCUT2D eigenvalue weighted by Gasteiger charge is -2.27. The number of morpholine rings is 1. The van der Waals surface area contributed by atoms with E-state index in [1.54, 1.807) is 11.3 Å². The zero-order valence-corrected chi connectivity index (χ0v) is 19.1. The molecule has 0 saturated carbocycles. The van der Waals surface area contributed by atoms with Gasteiger partial charge in [0.25, 0.3) is 5.91 Å². The number of aryl methyl sites for hydroxylation is 4. The third-order valence-electron chi connectivity index (χ3n) is 5.93. The Kier molecular flexibility index (Phi) is 6.18. The highest BCUT2D eigenvalue weighted by Crippen LogP contribution is 2.32. The highest BCUT2D eigenvalue weighted by atomic mass is 32.1. The lowest BCUT2D eigenvalue weighted by atomic mass is 10.1. The fourth-order valence-electron chi connectivity index (χ4n) is 3.97. The molecule has 0 aliphatic carbocycles. The molecule has 0 radical (unpaired) electrons. The minimum Gasteiger partial charge on any atom is -0.370 e. The first-order valence-corrected chi connectivity index (χ1v) is 11.4. The Balaban J connectivity index is 1.68. The summed E-state index contributed by atoms with van der Waals surface area (Å²) in [6.07, 6.45) is 0. The number of aromatic nitrogens is 1. The van der Waals surface area contributed by atoms with Gasteiger partial charge in [-0.15, -0.1) is 0 Å². The molecule has 1 saturated heterocycles. The van der Waals surface area contributed by atoms with E-state index in [0.29, 0.717) is 6.54 Å². The van der Waals surface area contributed by atoms with Crippen molar-refractivity contribution in [1.29, 1.82) is 0 Å². The molecule has 0 bridgehead atoms. The number of amides is 1. The molecule has 158 valence electrons. The minimum atomic E-state index is 0.0270. The number of quaternary nitrogens is 1. The number of carbonyl (C=O) groups excluding carboxylic acids is 1. The predicted octanol–water partition coefficient (Wildman–Crippen LogP) is 3.09. The van der Waals surface area contributed by atoms with Gasteiger partial charge in [0.2, 0.25) is 0 Å². The molecular formula is C24H30N3O2S+. The molecule has 4 rings (SSSR count). The average molecular weight is 425 g/mol. The Hall–Kier alpha value is -2.28. The standard InChI is InChI=1S/C24H29N3O2S/c1-16-13-19(4)22-21(14-16)25-24(30-22)27(8-7-26-9-11-29-12-10-26)23(28)20-6-5-17(2)18(3)15-20/h5-6,13-15H,7-12H2,1-4H3/p+1. The van der Waals surface area contributed by atoms with Gasteiger partial charge >= 0.3 is 0 Å². The van der Waals surface area contributed by atoms with E-state index < -0.39 is 0 Å². The van der Waals surface area contributed by atoms with Gasteiger partial charge in [-0.25, -0.2) is 4.98 Å². The van der Waals surface area contributed by atoms with E-state index >= 15 is 0 Å². The number of hydrogen-bond donors (Lipinski definition) is 1. The molecule has 1 N–H and O–H groups in total. The summed E-state index contributed by atoms with van der Waals surface area (Å²) in [6, 6.07) is 10.2. The summed E-state index contributed by atoms with van der Waals surface area (Å²) >= 11 is 1.62. The number of ether oxygens (including phenoxy) is 1. The van der Waals surface area contributed by atoms with Crippen molar-refractivity contribution < 1.29 is 14.4 Å². The smallest absolute Gasteiger partial charge is 0.260 e. The topological polar surface area (TPSA) is 46.9 Å². The van der Waals surface area contributed by atoms with E-state index in [-0.39, 0.29) is 5.91 Å². The van der Waals surface area contributed by atoms with Crippen molar-refractivity contribution in [3.05, 3.63) is 58.1 Å². The van der Waals surface area contributed by atoms with Gasteiger partial charge in [-0.2, -0.15) is 0 Å². The third-order valence-corrected chi connectivity index (χ3v) is 7.16. The van der Waals surface area contributed by atoms with Crippen molar-refractivity contribution in [2.75, 3.05) is 44.3 Å². The maximum atomic E-state index is 13.6. The van der Waals surface area contributed by atoms with Gasteiger partial charge in [-0.3, -0.25) is 9.69 Å². The van der Waals surface area contributed by atoms with Gasteiger partial charge in [-0.1, -0.05) is 23.5 Å². The molecule has 2 aromatic carbocycles. The average Bonchev–Trinajstić information content (AvgIpc) is 3.15. The Morgan fingerprint density at radius 3 is 2.57 bits per heavy atom. The van der Waals surface area contributed by atoms with Gasteiger partial charge in [0, 0.05) is 5.56 Å². The molecule has 1 aromatic heterocycles. The van der Waals surface area contributed by atoms with Gasteiger partial charge in [0.1, 0.15) is 13.1 Å². The number of thiazole rings is 1. The van der Waals surface area contributed by atoms with Crippen LogP contribution in [0.4, 0.5) is 5.13 Å². The van der Waals surface area contributed by atoms with Crippen molar-refractivity contribution in [1.82, 2.24) is 4.98 Å². The summed E-state index contributed by atoms with van der Waals surface area (Å²) < 4.78 is 6.64. The number of nitrogens with zero attached hydrogens (tertiary/aromatic N) is 2. The quantitative estimate of drug-likeness (QED) is 0.685. The molecule has 30 heavy (non-hydrogen) atoms. The van der Waals surface area contributed by atoms with E-state index in [2.05, 4.69) is 39.8 Å². The summed E-state index contributed by atoms with van der Waals surface area (Å²) in [5.74, 6) is 0.0270. The van der Waals surface area contributed by atoms with Crippen LogP contribution in [0.3, 0.4) is 0 Å². The highest BCUT2D eigenvalue weighted by Gasteiger charge is 2.24. The summed E-state index contributed by atoms with van der Waals surface area (Å²) in [4.78, 5) is 21.8. The highest BCUT2D eigenvalue weighted by molar-refractivity contribution is 7.22. The third kappa shape index (κ3) is 4.41. The second-order valence-electron chi connectivity index (χ2n) is 8.29. The van der Waals surface area contributed by atoms with Gasteiger partial charge < -0.3 is 9.64 Å². The SMILES string of the molecule is Cc1cc(C)c2sc(N(CC[NH+]3CCOCC3)C(=O)c3ccc(C)c(C)c3)nc2c1. The number of anilines is 1. The van der Waals surface area contributed by atoms with E-state index in [9.17, 15) is 4.79 Å². The summed E-state index contributed by atoms with van der Waals surface area (Å²) in [5.41, 5.74) is 6.44. The molecule has 3 aromatic rings. The van der Waals surface area contributed by atoms with E-state index in [1.807, 2.05) is 23.1 Å². The van der Waals surface area contributed by atoms with E-state index in [0.717, 1.165) is 59.3 Å². The number of rotatable bonds is 5. The predicted molar refractivity (Wildman–Crippen MR) is 123 cm³/mol. The molecule has 5 nitrogen and oxygen atoms in total. The first-order valence-electron chi connectivity index (χ1n) is 10.6. The Morgan fingerprint density at radius 2 is 1.83 bits per heavy atom. The molecule has 6 heteroatoms. The van der Waals surface area contributed by atoms with Crippen molar-refractivity contribution in [2.24, 2.45) is 0 Å². The molecular weight excluding hydrogens is 394 g/mol. The zero-order chi connectivity index (χ0) is 21.3. The molecule has 0 spiro atoms. The largest absolute Gasteiger partial charge is 0.370 e. The van der Waals surface area contributed by atoms with Crippen LogP contribution in [0.5, 0.6) is 0 Å². The lowest BCUT2D eigenvalue weighted by Crippen LogP contribution is -3.14. The fraction of sp³-hybridized carbons (Fsp3) is 0.417. The monoisotopic (exact) mass is 424 g/mol. The van der Waals surface area contributed by atoms with Crippen molar-refractivity contribution in [3.63, 3.8) is 0 Å². The molecule has 0 atom stereocenters. The molecule has 1 fully saturated rings. The normalized spacial score (nSPS) is 14.9. The number of fused-ring (bicyclic) bond motifs is 1. The Morgan fingerprint density at radius 1 is 1.07 bits per heavy atom. The first kappa shape index (κ1) is 21.0. The van der Waals surface area contributed by atoms with Gasteiger partial charge in [0.15, 0.2) is 5.13 Å². The summed E-state index contributed by atoms with van der Waals surface area (Å²) in [6.45, 7) is 13.4. The molecule has 1 aliphatic heterocycles. The van der Waals surface area contributed by atoms with Crippen LogP contribution in [0.25, 0.3) is 10.2 Å². The maximum absolute atomic E-state index is 13.6. The van der Waals surface area contributed by atoms with Crippen molar-refractivity contribution in [3.8, 4) is 0 Å². The molecule has 2 heterocycles. The maximum Gasteiger partial charge on any atom is 0.260 e. The lowest BCUT2D eigenvalue weighted by molar-refractivity contribution is -0.906. The number of hydrogen-bond acceptors (Lipinski definition) is 4. The van der Waals surface area contributed by atoms with Crippen LogP contribution >= 0.6 is 11.3 Å². The van der Waals surface area contributed by atoms with Crippen LogP contribution in [0.15, 0.2) is 30.3 Å². The summed E-state index contributed by atoms with van der Waals surface area (Å²) in [7, 11) is 0. The fourth-order valence-corrected chi connectivity index (χ4v) is 5.01. The van der Waals surface area contributed by atoms with E-state index in [1.165, 1.54) is 21.6 Å². The Bertz CT molecular complexity index is 1070. The van der Waals surface area contributed by atoms with Crippen LogP contribution in [0.2, 0.25) is 0 Å². The van der Waals surface area contributed by atoms with Gasteiger partial charge in [0.05, 0.1) is 36.5 Å². The molecule has 1 amide bonds. The summed E-state index contributed by atoms with van der Waals surface area (Å²) in [5, 5.41) is 0.787. The number of benzene rings is 2. The zero-order valence-electron chi connectivity index (χ0n) is 18.2. The minimum absolute atomic E-state index is 0.0270. The second-order valence-corrected chi connectivity index (χ2v) is 9.27. The van der Waals surface area contributed by atoms with Crippen LogP contribution < -0.4 is 9.80 Å².